The summed E-state index contributed by atoms with van der Waals surface area (Å²) < 4.78 is 5.49. The van der Waals surface area contributed by atoms with Crippen LogP contribution in [-0.4, -0.2) is 16.4 Å². The molecular formula is C11H11ClN4OS. The van der Waals surface area contributed by atoms with E-state index in [1.54, 1.807) is 12.1 Å². The standard InChI is InChI=1S/C11H11ClN4OS/c1-6-15-16-11(18-6)17-5-7-2-3-9(12)10(14)8(7)4-13/h2-4,13H,5,14H2,1H3. The summed E-state index contributed by atoms with van der Waals surface area (Å²) in [6, 6.07) is 3.47. The minimum Gasteiger partial charge on any atom is -0.464 e. The lowest BCUT2D eigenvalue weighted by atomic mass is 10.1. The van der Waals surface area contributed by atoms with Crippen molar-refractivity contribution in [3.63, 3.8) is 0 Å². The second-order valence-electron chi connectivity index (χ2n) is 3.55. The lowest BCUT2D eigenvalue weighted by Crippen LogP contribution is -2.03. The molecule has 0 unspecified atom stereocenters. The predicted octanol–water partition coefficient (Wildman–Crippen LogP) is 2.66. The van der Waals surface area contributed by atoms with Gasteiger partial charge in [0.2, 0.25) is 0 Å². The second kappa shape index (κ2) is 5.32. The molecule has 7 heteroatoms. The van der Waals surface area contributed by atoms with Crippen LogP contribution in [0.15, 0.2) is 12.1 Å². The van der Waals surface area contributed by atoms with E-state index >= 15 is 0 Å². The van der Waals surface area contributed by atoms with E-state index < -0.39 is 0 Å². The van der Waals surface area contributed by atoms with Crippen molar-refractivity contribution in [1.29, 1.82) is 5.41 Å². The Morgan fingerprint density at radius 1 is 1.50 bits per heavy atom. The Morgan fingerprint density at radius 3 is 2.89 bits per heavy atom. The van der Waals surface area contributed by atoms with Crippen molar-refractivity contribution in [3.8, 4) is 5.19 Å². The molecule has 0 bridgehead atoms. The third kappa shape index (κ3) is 2.60. The van der Waals surface area contributed by atoms with E-state index in [1.807, 2.05) is 6.92 Å². The maximum atomic E-state index is 7.36. The average molecular weight is 283 g/mol. The fraction of sp³-hybridized carbons (Fsp3) is 0.182. The number of ether oxygens (including phenoxy) is 1. The number of hydrogen-bond acceptors (Lipinski definition) is 6. The van der Waals surface area contributed by atoms with Crippen LogP contribution in [0.3, 0.4) is 0 Å². The molecule has 0 atom stereocenters. The Labute approximate surface area is 113 Å². The minimum atomic E-state index is 0.278. The molecule has 0 fully saturated rings. The zero-order valence-electron chi connectivity index (χ0n) is 9.61. The summed E-state index contributed by atoms with van der Waals surface area (Å²) in [7, 11) is 0. The summed E-state index contributed by atoms with van der Waals surface area (Å²) in [5, 5.41) is 16.9. The van der Waals surface area contributed by atoms with E-state index in [-0.39, 0.29) is 6.61 Å². The van der Waals surface area contributed by atoms with Gasteiger partial charge in [-0.2, -0.15) is 0 Å². The molecule has 94 valence electrons. The molecule has 0 amide bonds. The van der Waals surface area contributed by atoms with Gasteiger partial charge >= 0.3 is 0 Å². The van der Waals surface area contributed by atoms with Crippen molar-refractivity contribution in [1.82, 2.24) is 10.2 Å². The topological polar surface area (TPSA) is 84.9 Å². The van der Waals surface area contributed by atoms with Crippen LogP contribution < -0.4 is 10.5 Å². The Kier molecular flexibility index (Phi) is 3.78. The van der Waals surface area contributed by atoms with Gasteiger partial charge in [0.25, 0.3) is 5.19 Å². The zero-order valence-corrected chi connectivity index (χ0v) is 11.2. The number of nitrogens with one attached hydrogen (secondary N) is 1. The molecule has 1 aromatic heterocycles. The van der Waals surface area contributed by atoms with E-state index in [9.17, 15) is 0 Å². The number of halogens is 1. The summed E-state index contributed by atoms with van der Waals surface area (Å²) in [5.41, 5.74) is 7.56. The number of hydrogen-bond donors (Lipinski definition) is 2. The number of anilines is 1. The molecule has 18 heavy (non-hydrogen) atoms. The van der Waals surface area contributed by atoms with Crippen LogP contribution in [0.1, 0.15) is 16.1 Å². The summed E-state index contributed by atoms with van der Waals surface area (Å²) in [4.78, 5) is 0. The smallest absolute Gasteiger partial charge is 0.294 e. The highest BCUT2D eigenvalue weighted by molar-refractivity contribution is 7.12. The van der Waals surface area contributed by atoms with Crippen LogP contribution in [0.25, 0.3) is 0 Å². The van der Waals surface area contributed by atoms with Crippen molar-refractivity contribution in [3.05, 3.63) is 33.3 Å². The van der Waals surface area contributed by atoms with Crippen LogP contribution in [0.5, 0.6) is 5.19 Å². The summed E-state index contributed by atoms with van der Waals surface area (Å²) in [5.74, 6) is 0. The van der Waals surface area contributed by atoms with Crippen LogP contribution in [-0.2, 0) is 6.61 Å². The molecule has 2 aromatic rings. The van der Waals surface area contributed by atoms with Crippen LogP contribution in [0, 0.1) is 12.3 Å². The Balaban J connectivity index is 2.19. The molecule has 1 aromatic carbocycles. The molecule has 1 heterocycles. The Hall–Kier alpha value is -1.66. The van der Waals surface area contributed by atoms with E-state index in [0.717, 1.165) is 10.6 Å². The molecule has 0 saturated carbocycles. The fourth-order valence-corrected chi connectivity index (χ4v) is 2.13. The molecule has 0 aliphatic carbocycles. The third-order valence-electron chi connectivity index (χ3n) is 2.33. The first-order valence-electron chi connectivity index (χ1n) is 5.12. The monoisotopic (exact) mass is 282 g/mol. The fourth-order valence-electron chi connectivity index (χ4n) is 1.43. The normalized spacial score (nSPS) is 10.3. The van der Waals surface area contributed by atoms with Crippen LogP contribution >= 0.6 is 22.9 Å². The summed E-state index contributed by atoms with van der Waals surface area (Å²) >= 11 is 7.26. The number of nitrogens with two attached hydrogens (primary N) is 1. The largest absolute Gasteiger partial charge is 0.464 e. The quantitative estimate of drug-likeness (QED) is 0.667. The van der Waals surface area contributed by atoms with Crippen molar-refractivity contribution in [2.45, 2.75) is 13.5 Å². The van der Waals surface area contributed by atoms with Gasteiger partial charge in [-0.05, 0) is 13.0 Å². The summed E-state index contributed by atoms with van der Waals surface area (Å²) in [6.07, 6.45) is 1.17. The summed E-state index contributed by atoms with van der Waals surface area (Å²) in [6.45, 7) is 2.13. The molecule has 0 aliphatic heterocycles. The maximum Gasteiger partial charge on any atom is 0.294 e. The highest BCUT2D eigenvalue weighted by atomic mass is 35.5. The minimum absolute atomic E-state index is 0.278. The van der Waals surface area contributed by atoms with Gasteiger partial charge in [-0.1, -0.05) is 29.0 Å². The van der Waals surface area contributed by atoms with Gasteiger partial charge in [0.05, 0.1) is 10.7 Å². The number of aromatic nitrogens is 2. The first-order valence-corrected chi connectivity index (χ1v) is 6.31. The Bertz CT molecular complexity index is 584. The number of benzene rings is 1. The van der Waals surface area contributed by atoms with E-state index in [2.05, 4.69) is 10.2 Å². The molecule has 0 spiro atoms. The highest BCUT2D eigenvalue weighted by Crippen LogP contribution is 2.26. The van der Waals surface area contributed by atoms with Crippen molar-refractivity contribution in [2.75, 3.05) is 5.73 Å². The van der Waals surface area contributed by atoms with Gasteiger partial charge in [-0.15, -0.1) is 10.2 Å². The second-order valence-corrected chi connectivity index (χ2v) is 5.11. The number of rotatable bonds is 4. The first kappa shape index (κ1) is 12.8. The van der Waals surface area contributed by atoms with Gasteiger partial charge in [0.15, 0.2) is 0 Å². The molecular weight excluding hydrogens is 272 g/mol. The highest BCUT2D eigenvalue weighted by Gasteiger charge is 2.09. The molecule has 0 aliphatic rings. The molecule has 0 saturated heterocycles. The molecule has 0 radical (unpaired) electrons. The van der Waals surface area contributed by atoms with Gasteiger partial charge in [0, 0.05) is 17.3 Å². The lowest BCUT2D eigenvalue weighted by Gasteiger charge is -2.09. The average Bonchev–Trinajstić information content (AvgIpc) is 2.77. The van der Waals surface area contributed by atoms with E-state index in [4.69, 9.17) is 27.5 Å². The lowest BCUT2D eigenvalue weighted by molar-refractivity contribution is 0.302. The molecule has 5 nitrogen and oxygen atoms in total. The number of nitrogen functional groups attached to an aromatic ring is 1. The van der Waals surface area contributed by atoms with Gasteiger partial charge in [-0.3, -0.25) is 0 Å². The number of aryl methyl sites for hydroxylation is 1. The van der Waals surface area contributed by atoms with Crippen LogP contribution in [0.2, 0.25) is 5.02 Å². The van der Waals surface area contributed by atoms with Crippen LogP contribution in [0.4, 0.5) is 5.69 Å². The predicted molar refractivity (Wildman–Crippen MR) is 72.7 cm³/mol. The van der Waals surface area contributed by atoms with Crippen molar-refractivity contribution >= 4 is 34.8 Å². The maximum absolute atomic E-state index is 7.36. The van der Waals surface area contributed by atoms with E-state index in [0.29, 0.717) is 21.5 Å². The van der Waals surface area contributed by atoms with Gasteiger partial charge < -0.3 is 15.9 Å². The zero-order chi connectivity index (χ0) is 13.1. The van der Waals surface area contributed by atoms with E-state index in [1.165, 1.54) is 17.6 Å². The van der Waals surface area contributed by atoms with Crippen molar-refractivity contribution < 1.29 is 4.74 Å². The molecule has 2 rings (SSSR count). The Morgan fingerprint density at radius 2 is 2.28 bits per heavy atom. The van der Waals surface area contributed by atoms with Crippen molar-refractivity contribution in [2.24, 2.45) is 0 Å². The first-order chi connectivity index (χ1) is 8.61. The molecule has 3 N–H and O–H groups in total. The van der Waals surface area contributed by atoms with Gasteiger partial charge in [-0.25, -0.2) is 0 Å². The third-order valence-corrected chi connectivity index (χ3v) is 3.41. The van der Waals surface area contributed by atoms with Gasteiger partial charge in [0.1, 0.15) is 11.6 Å². The SMILES string of the molecule is Cc1nnc(OCc2ccc(Cl)c(N)c2C=N)s1. The number of nitrogens with zero attached hydrogens (tertiary/aromatic N) is 2.